The molecule has 2 N–H and O–H groups in total. The molecule has 2 fully saturated rings. The molecule has 2 heterocycles. The summed E-state index contributed by atoms with van der Waals surface area (Å²) >= 11 is 0. The predicted molar refractivity (Wildman–Crippen MR) is 221 cm³/mol. The molecule has 0 radical (unpaired) electrons. The van der Waals surface area contributed by atoms with Gasteiger partial charge in [0.25, 0.3) is 0 Å². The fourth-order valence-electron chi connectivity index (χ4n) is 8.68. The molecule has 5 rings (SSSR count). The Balaban J connectivity index is 1.15. The van der Waals surface area contributed by atoms with Gasteiger partial charge in [-0.15, -0.1) is 5.06 Å². The van der Waals surface area contributed by atoms with E-state index in [1.165, 1.54) is 121 Å². The summed E-state index contributed by atoms with van der Waals surface area (Å²) in [5.41, 5.74) is 1.61. The second-order valence-electron chi connectivity index (χ2n) is 16.5. The smallest absolute Gasteiger partial charge is 0.248 e. The van der Waals surface area contributed by atoms with Gasteiger partial charge in [-0.05, 0) is 68.9 Å². The van der Waals surface area contributed by atoms with Crippen LogP contribution in [0.15, 0.2) is 42.5 Å². The fourth-order valence-corrected chi connectivity index (χ4v) is 8.68. The zero-order chi connectivity index (χ0) is 38.9. The van der Waals surface area contributed by atoms with Gasteiger partial charge < -0.3 is 29.6 Å². The maximum absolute atomic E-state index is 13.7. The van der Waals surface area contributed by atoms with Gasteiger partial charge in [-0.25, -0.2) is 8.78 Å². The monoisotopic (exact) mass is 768 g/mol. The number of phenols is 2. The average Bonchev–Trinajstić information content (AvgIpc) is 3.66. The number of likely N-dealkylation sites (tertiary alicyclic amines) is 1. The van der Waals surface area contributed by atoms with Gasteiger partial charge >= 0.3 is 0 Å². The molecule has 1 aliphatic carbocycles. The number of benzene rings is 2. The van der Waals surface area contributed by atoms with Gasteiger partial charge in [-0.1, -0.05) is 104 Å². The number of phenolic OH excluding ortho intramolecular Hbond substituents is 2. The normalized spacial score (nSPS) is 18.4. The molecule has 0 bridgehead atoms. The standard InChI is InChI=1S/C46H71F2N3O4/c1-3-5-7-9-11-13-15-17-30-49(31-18-16-14-12-10-8-6-4-2)37-19-21-41(22-20-37)54-44-36-40(52)35-42(53)45(44)43-27-34-51(55-43)39-25-32-50(33-26-39)38-23-28-46(47,48)29-24-38/h19-22,27,35-36,38-39,52-53H,3-18,23-26,28-34H2,1-2H3. The number of piperidine rings is 1. The molecular weight excluding hydrogens is 697 g/mol. The highest BCUT2D eigenvalue weighted by Gasteiger charge is 2.39. The first-order chi connectivity index (χ1) is 26.8. The van der Waals surface area contributed by atoms with E-state index in [2.05, 4.69) is 35.8 Å². The molecule has 2 aromatic carbocycles. The first-order valence-electron chi connectivity index (χ1n) is 22.1. The number of hydrogen-bond donors (Lipinski definition) is 2. The number of anilines is 1. The minimum Gasteiger partial charge on any atom is -0.508 e. The summed E-state index contributed by atoms with van der Waals surface area (Å²) in [6, 6.07) is 11.5. The van der Waals surface area contributed by atoms with Crippen molar-refractivity contribution >= 4 is 11.4 Å². The number of rotatable bonds is 24. The summed E-state index contributed by atoms with van der Waals surface area (Å²) in [5, 5.41) is 23.5. The molecule has 0 spiro atoms. The number of halogens is 2. The summed E-state index contributed by atoms with van der Waals surface area (Å²) < 4.78 is 33.8. The van der Waals surface area contributed by atoms with Crippen molar-refractivity contribution in [2.45, 2.75) is 173 Å². The minimum atomic E-state index is -2.51. The summed E-state index contributed by atoms with van der Waals surface area (Å²) in [4.78, 5) is 11.3. The number of alkyl halides is 2. The Morgan fingerprint density at radius 3 is 1.84 bits per heavy atom. The largest absolute Gasteiger partial charge is 0.508 e. The van der Waals surface area contributed by atoms with Crippen LogP contribution in [0.2, 0.25) is 0 Å². The molecule has 0 atom stereocenters. The van der Waals surface area contributed by atoms with E-state index in [1.807, 2.05) is 23.3 Å². The lowest BCUT2D eigenvalue weighted by Gasteiger charge is -2.42. The molecule has 3 aliphatic rings. The van der Waals surface area contributed by atoms with Crippen LogP contribution in [0.3, 0.4) is 0 Å². The molecule has 1 saturated carbocycles. The summed E-state index contributed by atoms with van der Waals surface area (Å²) in [6.07, 6.45) is 25.8. The maximum Gasteiger partial charge on any atom is 0.248 e. The molecule has 0 aromatic heterocycles. The molecule has 55 heavy (non-hydrogen) atoms. The fraction of sp³-hybridized carbons (Fsp3) is 0.696. The molecule has 2 aromatic rings. The van der Waals surface area contributed by atoms with Crippen molar-refractivity contribution in [2.24, 2.45) is 0 Å². The summed E-state index contributed by atoms with van der Waals surface area (Å²) in [5.74, 6) is -1.24. The van der Waals surface area contributed by atoms with Gasteiger partial charge in [0, 0.05) is 68.9 Å². The Morgan fingerprint density at radius 1 is 0.727 bits per heavy atom. The molecule has 0 amide bonds. The zero-order valence-corrected chi connectivity index (χ0v) is 34.1. The van der Waals surface area contributed by atoms with Crippen LogP contribution >= 0.6 is 0 Å². The molecule has 9 heteroatoms. The lowest BCUT2D eigenvalue weighted by molar-refractivity contribution is -0.117. The quantitative estimate of drug-likeness (QED) is 0.103. The van der Waals surface area contributed by atoms with Gasteiger partial charge in [0.1, 0.15) is 28.6 Å². The summed E-state index contributed by atoms with van der Waals surface area (Å²) in [7, 11) is 0. The van der Waals surface area contributed by atoms with Gasteiger partial charge in [0.15, 0.2) is 5.76 Å². The third-order valence-corrected chi connectivity index (χ3v) is 12.1. The Morgan fingerprint density at radius 2 is 1.27 bits per heavy atom. The molecule has 0 unspecified atom stereocenters. The average molecular weight is 768 g/mol. The minimum absolute atomic E-state index is 0.0120. The van der Waals surface area contributed by atoms with E-state index in [0.717, 1.165) is 39.0 Å². The first-order valence-corrected chi connectivity index (χ1v) is 22.1. The Kier molecular flexibility index (Phi) is 17.7. The van der Waals surface area contributed by atoms with Crippen LogP contribution in [-0.2, 0) is 4.84 Å². The highest BCUT2D eigenvalue weighted by molar-refractivity contribution is 5.73. The molecular formula is C46H71F2N3O4. The second kappa shape index (κ2) is 22.6. The van der Waals surface area contributed by atoms with Crippen molar-refractivity contribution in [3.8, 4) is 23.0 Å². The zero-order valence-electron chi connectivity index (χ0n) is 34.1. The number of hydroxylamine groups is 2. The highest BCUT2D eigenvalue weighted by Crippen LogP contribution is 2.43. The summed E-state index contributed by atoms with van der Waals surface area (Å²) in [6.45, 7) is 8.94. The van der Waals surface area contributed by atoms with Crippen LogP contribution in [0.4, 0.5) is 14.5 Å². The first kappa shape index (κ1) is 43.1. The van der Waals surface area contributed by atoms with E-state index in [0.29, 0.717) is 42.2 Å². The van der Waals surface area contributed by atoms with Gasteiger partial charge in [0.05, 0.1) is 6.54 Å². The van der Waals surface area contributed by atoms with Gasteiger partial charge in [-0.3, -0.25) is 0 Å². The van der Waals surface area contributed by atoms with Crippen molar-refractivity contribution < 1.29 is 28.6 Å². The topological polar surface area (TPSA) is 68.6 Å². The number of ether oxygens (including phenoxy) is 1. The Hall–Kier alpha value is -3.04. The molecule has 2 aliphatic heterocycles. The predicted octanol–water partition coefficient (Wildman–Crippen LogP) is 12.6. The van der Waals surface area contributed by atoms with Crippen LogP contribution in [0, 0.1) is 0 Å². The SMILES string of the molecule is CCCCCCCCCCN(CCCCCCCCCC)c1ccc(Oc2cc(O)cc(O)c2C2=CCN(C3CCN(C4CCC(F)(F)CC4)CC3)O2)cc1. The van der Waals surface area contributed by atoms with Gasteiger partial charge in [0.2, 0.25) is 5.92 Å². The molecule has 7 nitrogen and oxygen atoms in total. The maximum atomic E-state index is 13.7. The van der Waals surface area contributed by atoms with Crippen molar-refractivity contribution in [3.05, 3.63) is 48.0 Å². The van der Waals surface area contributed by atoms with Gasteiger partial charge in [-0.2, -0.15) is 0 Å². The Labute approximate surface area is 331 Å². The van der Waals surface area contributed by atoms with Crippen LogP contribution in [0.1, 0.15) is 161 Å². The molecule has 1 saturated heterocycles. The lowest BCUT2D eigenvalue weighted by Crippen LogP contribution is -2.49. The third-order valence-electron chi connectivity index (χ3n) is 12.1. The number of unbranched alkanes of at least 4 members (excludes halogenated alkanes) is 14. The molecule has 308 valence electrons. The van der Waals surface area contributed by atoms with E-state index >= 15 is 0 Å². The van der Waals surface area contributed by atoms with Crippen molar-refractivity contribution in [2.75, 3.05) is 37.6 Å². The third kappa shape index (κ3) is 13.8. The Bertz CT molecular complexity index is 1400. The van der Waals surface area contributed by atoms with E-state index < -0.39 is 5.92 Å². The van der Waals surface area contributed by atoms with Crippen LogP contribution < -0.4 is 9.64 Å². The van der Waals surface area contributed by atoms with Crippen LogP contribution in [0.25, 0.3) is 5.76 Å². The van der Waals surface area contributed by atoms with E-state index in [1.54, 1.807) is 0 Å². The lowest BCUT2D eigenvalue weighted by atomic mass is 9.89. The highest BCUT2D eigenvalue weighted by atomic mass is 19.3. The second-order valence-corrected chi connectivity index (χ2v) is 16.5. The number of hydrogen-bond acceptors (Lipinski definition) is 7. The van der Waals surface area contributed by atoms with Crippen molar-refractivity contribution in [1.82, 2.24) is 9.96 Å². The van der Waals surface area contributed by atoms with E-state index in [9.17, 15) is 19.0 Å². The van der Waals surface area contributed by atoms with E-state index in [4.69, 9.17) is 9.57 Å². The van der Waals surface area contributed by atoms with Crippen LogP contribution in [-0.4, -0.2) is 70.9 Å². The van der Waals surface area contributed by atoms with Crippen molar-refractivity contribution in [3.63, 3.8) is 0 Å². The van der Waals surface area contributed by atoms with Crippen LogP contribution in [0.5, 0.6) is 23.0 Å². The van der Waals surface area contributed by atoms with E-state index in [-0.39, 0.29) is 36.4 Å². The van der Waals surface area contributed by atoms with Crippen molar-refractivity contribution in [1.29, 1.82) is 0 Å². The number of aromatic hydroxyl groups is 2. The number of nitrogens with zero attached hydrogens (tertiary/aromatic N) is 3.